The lowest BCUT2D eigenvalue weighted by Crippen LogP contribution is -2.28. The molecule has 0 aliphatic heterocycles. The Bertz CT molecular complexity index is 1440. The number of benzene rings is 4. The minimum Gasteiger partial charge on any atom is -0.376 e. The zero-order valence-electron chi connectivity index (χ0n) is 16.0. The van der Waals surface area contributed by atoms with E-state index in [1.807, 2.05) is 30.3 Å². The lowest BCUT2D eigenvalue weighted by Gasteiger charge is -2.13. The van der Waals surface area contributed by atoms with E-state index in [1.54, 1.807) is 18.2 Å². The molecule has 0 saturated carbocycles. The van der Waals surface area contributed by atoms with Crippen molar-refractivity contribution in [2.45, 2.75) is 11.9 Å². The fraction of sp³-hybridized carbons (Fsp3) is 0.0833. The van der Waals surface area contributed by atoms with Gasteiger partial charge in [-0.3, -0.25) is 0 Å². The van der Waals surface area contributed by atoms with E-state index in [2.05, 4.69) is 22.4 Å². The Labute approximate surface area is 176 Å². The van der Waals surface area contributed by atoms with Crippen molar-refractivity contribution >= 4 is 20.9 Å². The van der Waals surface area contributed by atoms with Crippen LogP contribution >= 0.6 is 0 Å². The minimum atomic E-state index is -5.72. The van der Waals surface area contributed by atoms with Gasteiger partial charge in [0.25, 0.3) is 0 Å². The van der Waals surface area contributed by atoms with Gasteiger partial charge in [-0.25, -0.2) is 0 Å². The van der Waals surface area contributed by atoms with Crippen molar-refractivity contribution in [1.29, 1.82) is 0 Å². The molecule has 3 nitrogen and oxygen atoms in total. The molecule has 0 radical (unpaired) electrons. The number of rotatable bonds is 3. The minimum absolute atomic E-state index is 0.382. The van der Waals surface area contributed by atoms with Crippen LogP contribution in [-0.2, 0) is 16.5 Å². The Kier molecular flexibility index (Phi) is 4.34. The van der Waals surface area contributed by atoms with Gasteiger partial charge in [-0.15, -0.1) is 0 Å². The Hall–Kier alpha value is -3.32. The van der Waals surface area contributed by atoms with Gasteiger partial charge in [-0.2, -0.15) is 21.6 Å². The van der Waals surface area contributed by atoms with Crippen LogP contribution in [0.4, 0.5) is 13.2 Å². The maximum Gasteiger partial charge on any atom is 0.534 e. The maximum absolute atomic E-state index is 12.6. The molecule has 0 fully saturated rings. The van der Waals surface area contributed by atoms with Crippen LogP contribution in [-0.4, -0.2) is 13.9 Å². The van der Waals surface area contributed by atoms with Gasteiger partial charge < -0.3 is 4.18 Å². The monoisotopic (exact) mass is 440 g/mol. The third-order valence-electron chi connectivity index (χ3n) is 5.48. The predicted molar refractivity (Wildman–Crippen MR) is 113 cm³/mol. The molecule has 5 rings (SSSR count). The van der Waals surface area contributed by atoms with Crippen LogP contribution < -0.4 is 4.18 Å². The first-order chi connectivity index (χ1) is 14.7. The average molecular weight is 440 g/mol. The topological polar surface area (TPSA) is 43.4 Å². The molecule has 0 unspecified atom stereocenters. The van der Waals surface area contributed by atoms with E-state index in [-0.39, 0.29) is 5.75 Å². The Balaban J connectivity index is 1.61. The van der Waals surface area contributed by atoms with Crippen molar-refractivity contribution in [3.8, 4) is 28.0 Å². The fourth-order valence-corrected chi connectivity index (χ4v) is 4.58. The lowest BCUT2D eigenvalue weighted by atomic mass is 9.92. The third-order valence-corrected chi connectivity index (χ3v) is 6.46. The Morgan fingerprint density at radius 2 is 1.39 bits per heavy atom. The first-order valence-electron chi connectivity index (χ1n) is 9.49. The molecule has 0 heterocycles. The number of halogens is 3. The van der Waals surface area contributed by atoms with Crippen LogP contribution in [0.1, 0.15) is 11.1 Å². The first-order valence-corrected chi connectivity index (χ1v) is 10.9. The Morgan fingerprint density at radius 1 is 0.742 bits per heavy atom. The summed E-state index contributed by atoms with van der Waals surface area (Å²) in [4.78, 5) is 0. The van der Waals surface area contributed by atoms with Crippen LogP contribution in [0.3, 0.4) is 0 Å². The molecule has 0 spiro atoms. The quantitative estimate of drug-likeness (QED) is 0.244. The van der Waals surface area contributed by atoms with Gasteiger partial charge in [-0.05, 0) is 62.7 Å². The summed E-state index contributed by atoms with van der Waals surface area (Å²) >= 11 is 0. The highest BCUT2D eigenvalue weighted by Gasteiger charge is 2.48. The van der Waals surface area contributed by atoms with Crippen LogP contribution in [0.15, 0.2) is 78.9 Å². The van der Waals surface area contributed by atoms with E-state index in [4.69, 9.17) is 0 Å². The second-order valence-electron chi connectivity index (χ2n) is 7.34. The van der Waals surface area contributed by atoms with Crippen LogP contribution in [0.5, 0.6) is 5.75 Å². The van der Waals surface area contributed by atoms with E-state index in [1.165, 1.54) is 34.4 Å². The molecule has 7 heteroatoms. The highest BCUT2D eigenvalue weighted by molar-refractivity contribution is 7.88. The van der Waals surface area contributed by atoms with E-state index in [0.717, 1.165) is 22.9 Å². The molecule has 0 atom stereocenters. The summed E-state index contributed by atoms with van der Waals surface area (Å²) in [5.41, 5.74) is 1.29. The largest absolute Gasteiger partial charge is 0.534 e. The molecular formula is C24H15F3O3S. The van der Waals surface area contributed by atoms with Crippen LogP contribution in [0, 0.1) is 0 Å². The van der Waals surface area contributed by atoms with Crippen molar-refractivity contribution in [1.82, 2.24) is 0 Å². The maximum atomic E-state index is 12.6. The standard InChI is InChI=1S/C24H15F3O3S/c25-24(26,27)31(28,29)30-17-11-12-19-15(13-17)6-3-8-20(19)22-10-4-9-21-18-7-2-1-5-16(18)14-23(21)22/h1-13H,14H2. The predicted octanol–water partition coefficient (Wildman–Crippen LogP) is 6.31. The zero-order chi connectivity index (χ0) is 21.8. The fourth-order valence-electron chi connectivity index (χ4n) is 4.13. The van der Waals surface area contributed by atoms with Crippen LogP contribution in [0.25, 0.3) is 33.0 Å². The highest BCUT2D eigenvalue weighted by atomic mass is 32.2. The summed E-state index contributed by atoms with van der Waals surface area (Å²) in [5.74, 6) is -0.382. The molecule has 0 bridgehead atoms. The molecule has 0 amide bonds. The molecule has 4 aromatic rings. The van der Waals surface area contributed by atoms with Gasteiger partial charge in [0.15, 0.2) is 0 Å². The molecule has 1 aliphatic carbocycles. The average Bonchev–Trinajstić information content (AvgIpc) is 3.11. The molecule has 0 saturated heterocycles. The summed E-state index contributed by atoms with van der Waals surface area (Å²) in [6.45, 7) is 0. The number of hydrogen-bond donors (Lipinski definition) is 0. The van der Waals surface area contributed by atoms with Gasteiger partial charge in [0.2, 0.25) is 0 Å². The third kappa shape index (κ3) is 3.25. The normalized spacial score (nSPS) is 13.1. The zero-order valence-corrected chi connectivity index (χ0v) is 16.8. The summed E-state index contributed by atoms with van der Waals surface area (Å²) in [7, 11) is -5.72. The second-order valence-corrected chi connectivity index (χ2v) is 8.88. The molecule has 31 heavy (non-hydrogen) atoms. The van der Waals surface area contributed by atoms with Gasteiger partial charge in [0, 0.05) is 0 Å². The second kappa shape index (κ2) is 6.85. The van der Waals surface area contributed by atoms with Gasteiger partial charge in [-0.1, -0.05) is 66.7 Å². The van der Waals surface area contributed by atoms with Gasteiger partial charge in [0.05, 0.1) is 0 Å². The molecule has 0 N–H and O–H groups in total. The number of fused-ring (bicyclic) bond motifs is 4. The Morgan fingerprint density at radius 3 is 2.16 bits per heavy atom. The van der Waals surface area contributed by atoms with E-state index < -0.39 is 15.6 Å². The highest BCUT2D eigenvalue weighted by Crippen LogP contribution is 2.43. The van der Waals surface area contributed by atoms with Crippen molar-refractivity contribution < 1.29 is 25.8 Å². The van der Waals surface area contributed by atoms with Crippen LogP contribution in [0.2, 0.25) is 0 Å². The first kappa shape index (κ1) is 19.6. The van der Waals surface area contributed by atoms with E-state index >= 15 is 0 Å². The molecular weight excluding hydrogens is 425 g/mol. The van der Waals surface area contributed by atoms with Crippen molar-refractivity contribution in [3.05, 3.63) is 90.0 Å². The van der Waals surface area contributed by atoms with Crippen molar-refractivity contribution in [3.63, 3.8) is 0 Å². The molecule has 1 aliphatic rings. The van der Waals surface area contributed by atoms with Crippen molar-refractivity contribution in [2.75, 3.05) is 0 Å². The SMILES string of the molecule is O=S(=O)(Oc1ccc2c(-c3cccc4c3Cc3ccccc3-4)cccc2c1)C(F)(F)F. The van der Waals surface area contributed by atoms with Crippen molar-refractivity contribution in [2.24, 2.45) is 0 Å². The van der Waals surface area contributed by atoms with Gasteiger partial charge in [0.1, 0.15) is 5.75 Å². The van der Waals surface area contributed by atoms with Gasteiger partial charge >= 0.3 is 15.6 Å². The summed E-state index contributed by atoms with van der Waals surface area (Å²) in [6, 6.07) is 23.9. The van der Waals surface area contributed by atoms with E-state index in [0.29, 0.717) is 5.39 Å². The number of alkyl halides is 3. The smallest absolute Gasteiger partial charge is 0.376 e. The van der Waals surface area contributed by atoms with E-state index in [9.17, 15) is 21.6 Å². The number of hydrogen-bond acceptors (Lipinski definition) is 3. The molecule has 156 valence electrons. The molecule has 4 aromatic carbocycles. The summed E-state index contributed by atoms with van der Waals surface area (Å²) in [5, 5.41) is 1.38. The lowest BCUT2D eigenvalue weighted by molar-refractivity contribution is -0.0500. The summed E-state index contributed by atoms with van der Waals surface area (Å²) < 4.78 is 64.9. The summed E-state index contributed by atoms with van der Waals surface area (Å²) in [6.07, 6.45) is 0.795. The molecule has 0 aromatic heterocycles.